The molecule has 20 heterocycles. The van der Waals surface area contributed by atoms with Crippen LogP contribution < -0.4 is 18.3 Å². The van der Waals surface area contributed by atoms with E-state index in [1.54, 1.807) is 0 Å². The van der Waals surface area contributed by atoms with E-state index in [-0.39, 0.29) is 5.97 Å². The fourth-order valence-electron chi connectivity index (χ4n) is 5.86. The van der Waals surface area contributed by atoms with Crippen molar-refractivity contribution >= 4 is 5.97 Å². The monoisotopic (exact) mass is 592 g/mol. The molecule has 16 aliphatic rings. The molecule has 0 amide bonds. The molecule has 16 aliphatic heterocycles. The zero-order chi connectivity index (χ0) is 30.6. The second-order valence-corrected chi connectivity index (χ2v) is 11.6. The van der Waals surface area contributed by atoms with Gasteiger partial charge in [-0.25, -0.2) is 23.1 Å². The highest BCUT2D eigenvalue weighted by Gasteiger charge is 2.18. The number of aromatic nitrogens is 4. The molecule has 0 unspecified atom stereocenters. The molecule has 0 saturated heterocycles. The Hall–Kier alpha value is -5.49. The van der Waals surface area contributed by atoms with Gasteiger partial charge in [-0.2, -0.15) is 0 Å². The first-order valence-electron chi connectivity index (χ1n) is 15.4. The molecule has 0 atom stereocenters. The number of carbonyl (C=O) groups excluding carboxylic acids is 1. The molecule has 6 aromatic rings. The Kier molecular flexibility index (Phi) is 7.94. The quantitative estimate of drug-likeness (QED) is 0.213. The minimum atomic E-state index is -0.291. The molecule has 22 rings (SSSR count). The van der Waals surface area contributed by atoms with Gasteiger partial charge in [0.25, 0.3) is 0 Å². The zero-order valence-corrected chi connectivity index (χ0v) is 25.4. The summed E-state index contributed by atoms with van der Waals surface area (Å²) >= 11 is 0. The number of benzene rings is 2. The van der Waals surface area contributed by atoms with E-state index < -0.39 is 0 Å². The molecule has 45 heavy (non-hydrogen) atoms. The highest BCUT2D eigenvalue weighted by molar-refractivity contribution is 5.91. The minimum Gasteiger partial charge on any atom is -0.462 e. The summed E-state index contributed by atoms with van der Waals surface area (Å²) in [5, 5.41) is 0. The topological polar surface area (TPSA) is 41.8 Å². The molecule has 0 spiro atoms. The Bertz CT molecular complexity index is 1930. The molecule has 4 aromatic heterocycles. The highest BCUT2D eigenvalue weighted by Crippen LogP contribution is 2.19. The molecule has 0 N–H and O–H groups in total. The van der Waals surface area contributed by atoms with Crippen LogP contribution in [-0.2, 0) is 30.9 Å². The maximum absolute atomic E-state index is 13.0. The number of carbonyl (C=O) groups is 1. The van der Waals surface area contributed by atoms with Gasteiger partial charge >= 0.3 is 5.97 Å². The average molecular weight is 593 g/mol. The lowest BCUT2D eigenvalue weighted by Crippen LogP contribution is -2.35. The van der Waals surface area contributed by atoms with Crippen molar-refractivity contribution in [1.82, 2.24) is 0 Å². The van der Waals surface area contributed by atoms with Gasteiger partial charge in [-0.05, 0) is 35.2 Å². The first-order valence-corrected chi connectivity index (χ1v) is 15.4. The molecular weight excluding hydrogens is 556 g/mol. The first-order chi connectivity index (χ1) is 22.1. The van der Waals surface area contributed by atoms with Gasteiger partial charge < -0.3 is 4.74 Å². The molecule has 6 nitrogen and oxygen atoms in total. The largest absolute Gasteiger partial charge is 0.462 e. The van der Waals surface area contributed by atoms with Crippen LogP contribution in [0.25, 0.3) is 22.3 Å². The van der Waals surface area contributed by atoms with E-state index in [1.807, 2.05) is 13.0 Å². The van der Waals surface area contributed by atoms with Crippen LogP contribution in [0.3, 0.4) is 0 Å². The molecule has 0 aliphatic carbocycles. The molecule has 220 valence electrons. The van der Waals surface area contributed by atoms with Gasteiger partial charge in [-0.1, -0.05) is 36.4 Å². The summed E-state index contributed by atoms with van der Waals surface area (Å²) in [6.07, 6.45) is 16.9. The first kappa shape index (κ1) is 28.3. The van der Waals surface area contributed by atoms with E-state index in [1.165, 1.54) is 16.7 Å². The van der Waals surface area contributed by atoms with Gasteiger partial charge in [-0.15, -0.1) is 0 Å². The van der Waals surface area contributed by atoms with Gasteiger partial charge in [0.2, 0.25) is 0 Å². The van der Waals surface area contributed by atoms with E-state index in [0.29, 0.717) is 25.3 Å². The number of hydrogen-bond acceptors (Lipinski definition) is 2. The molecule has 0 fully saturated rings. The van der Waals surface area contributed by atoms with Crippen molar-refractivity contribution in [1.29, 1.82) is 0 Å². The predicted octanol–water partition coefficient (Wildman–Crippen LogP) is 4.85. The van der Waals surface area contributed by atoms with Crippen LogP contribution >= 0.6 is 0 Å². The lowest BCUT2D eigenvalue weighted by atomic mass is 10.0. The Morgan fingerprint density at radius 3 is 1.27 bits per heavy atom. The Morgan fingerprint density at radius 2 is 0.867 bits per heavy atom. The Morgan fingerprint density at radius 1 is 0.511 bits per heavy atom. The van der Waals surface area contributed by atoms with Crippen LogP contribution in [0.1, 0.15) is 39.5 Å². The van der Waals surface area contributed by atoms with Crippen LogP contribution in [0.5, 0.6) is 0 Å². The van der Waals surface area contributed by atoms with Crippen molar-refractivity contribution in [3.05, 3.63) is 168 Å². The lowest BCUT2D eigenvalue weighted by Gasteiger charge is -2.09. The summed E-state index contributed by atoms with van der Waals surface area (Å²) in [5.74, 6) is -0.291. The normalized spacial score (nSPS) is 12.4. The van der Waals surface area contributed by atoms with Gasteiger partial charge in [0.05, 0.1) is 12.2 Å². The van der Waals surface area contributed by atoms with Crippen molar-refractivity contribution in [3.8, 4) is 22.3 Å². The highest BCUT2D eigenvalue weighted by atomic mass is 16.5. The van der Waals surface area contributed by atoms with Crippen LogP contribution in [0.4, 0.5) is 0 Å². The fraction of sp³-hybridized carbons (Fsp3) is 0.154. The van der Waals surface area contributed by atoms with Crippen LogP contribution in [0.15, 0.2) is 141 Å². The number of nitrogens with zero attached hydrogens (tertiary/aromatic N) is 4. The summed E-state index contributed by atoms with van der Waals surface area (Å²) in [6, 6.07) is 32.2. The second-order valence-electron chi connectivity index (χ2n) is 11.6. The maximum Gasteiger partial charge on any atom is 0.338 e. The summed E-state index contributed by atoms with van der Waals surface area (Å²) < 4.78 is 14.1. The number of hydrogen-bond donors (Lipinski definition) is 0. The third-order valence-corrected chi connectivity index (χ3v) is 8.37. The minimum absolute atomic E-state index is 0.291. The lowest BCUT2D eigenvalue weighted by molar-refractivity contribution is -0.689. The SMILES string of the molecule is CCOC(=O)c1cc2ccc1C[n+]1ccc(cc1)-c1cc[n+](cc1)Cc1ccc(cc1)C[n+]1ccc(cc1)-c1cc[n+](cc1)C2. The predicted molar refractivity (Wildman–Crippen MR) is 170 cm³/mol. The van der Waals surface area contributed by atoms with Crippen molar-refractivity contribution in [2.24, 2.45) is 0 Å². The van der Waals surface area contributed by atoms with Crippen molar-refractivity contribution < 1.29 is 27.8 Å². The van der Waals surface area contributed by atoms with Crippen LogP contribution in [-0.4, -0.2) is 12.6 Å². The fourth-order valence-corrected chi connectivity index (χ4v) is 5.86. The summed E-state index contributed by atoms with van der Waals surface area (Å²) in [4.78, 5) is 13.0. The van der Waals surface area contributed by atoms with Crippen LogP contribution in [0, 0.1) is 0 Å². The number of ether oxygens (including phenoxy) is 1. The van der Waals surface area contributed by atoms with E-state index >= 15 is 0 Å². The molecule has 12 bridgehead atoms. The second kappa shape index (κ2) is 12.6. The van der Waals surface area contributed by atoms with Crippen molar-refractivity contribution in [2.45, 2.75) is 33.1 Å². The Labute approximate surface area is 263 Å². The van der Waals surface area contributed by atoms with Gasteiger partial charge in [-0.3, -0.25) is 0 Å². The summed E-state index contributed by atoms with van der Waals surface area (Å²) in [6.45, 7) is 5.04. The maximum atomic E-state index is 13.0. The third kappa shape index (κ3) is 6.55. The van der Waals surface area contributed by atoms with Crippen LogP contribution in [0.2, 0.25) is 0 Å². The van der Waals surface area contributed by atoms with Gasteiger partial charge in [0.1, 0.15) is 0 Å². The van der Waals surface area contributed by atoms with E-state index in [0.717, 1.165) is 40.9 Å². The molecule has 0 radical (unpaired) electrons. The smallest absolute Gasteiger partial charge is 0.338 e. The average Bonchev–Trinajstić information content (AvgIpc) is 3.08. The standard InChI is InChI=1S/C39H36N4O2/c1-2-45-39(44)38-25-32-7-8-37(38)29-43-23-15-36(16-24-43)34-11-19-41(20-12-34)27-31-5-3-30(4-6-31)26-40-17-9-33(10-18-40)35-13-21-42(28-32)22-14-35/h3-25H,2,26-29H2,1H3/q+4. The molecule has 2 aromatic carbocycles. The van der Waals surface area contributed by atoms with E-state index in [4.69, 9.17) is 4.74 Å². The van der Waals surface area contributed by atoms with Crippen molar-refractivity contribution in [3.63, 3.8) is 0 Å². The van der Waals surface area contributed by atoms with E-state index in [9.17, 15) is 4.79 Å². The van der Waals surface area contributed by atoms with Gasteiger partial charge in [0.15, 0.2) is 75.8 Å². The van der Waals surface area contributed by atoms with Gasteiger partial charge in [0, 0.05) is 70.8 Å². The van der Waals surface area contributed by atoms with Crippen molar-refractivity contribution in [2.75, 3.05) is 6.61 Å². The Balaban J connectivity index is 1.24. The van der Waals surface area contributed by atoms with E-state index in [2.05, 4.69) is 153 Å². The third-order valence-electron chi connectivity index (χ3n) is 8.37. The zero-order valence-electron chi connectivity index (χ0n) is 25.4. The number of rotatable bonds is 2. The summed E-state index contributed by atoms with van der Waals surface area (Å²) in [7, 11) is 0. The molecular formula is C39H36N4O2+4. The summed E-state index contributed by atoms with van der Waals surface area (Å²) in [5.41, 5.74) is 9.75. The molecule has 0 saturated carbocycles. The number of esters is 1. The molecule has 6 heteroatoms. The number of pyridine rings is 4.